The average molecular weight is 371 g/mol. The molecule has 0 atom stereocenters. The quantitative estimate of drug-likeness (QED) is 0.756. The summed E-state index contributed by atoms with van der Waals surface area (Å²) < 4.78 is 7.75. The summed E-state index contributed by atoms with van der Waals surface area (Å²) in [6.07, 6.45) is 5.67. The van der Waals surface area contributed by atoms with E-state index in [1.807, 2.05) is 23.8 Å². The number of likely N-dealkylation sites (tertiary alicyclic amines) is 1. The van der Waals surface area contributed by atoms with E-state index < -0.39 is 0 Å². The van der Waals surface area contributed by atoms with Gasteiger partial charge in [-0.15, -0.1) is 11.8 Å². The van der Waals surface area contributed by atoms with E-state index in [9.17, 15) is 9.59 Å². The van der Waals surface area contributed by atoms with E-state index in [1.165, 1.54) is 11.8 Å². The lowest BCUT2D eigenvalue weighted by Crippen LogP contribution is -2.56. The minimum atomic E-state index is -0.0797. The van der Waals surface area contributed by atoms with Crippen LogP contribution in [0.4, 0.5) is 0 Å². The smallest absolute Gasteiger partial charge is 0.256 e. The maximum atomic E-state index is 12.6. The molecule has 1 saturated heterocycles. The molecule has 2 aromatic heterocycles. The number of ether oxygens (including phenoxy) is 1. The first-order chi connectivity index (χ1) is 12.6. The van der Waals surface area contributed by atoms with Gasteiger partial charge in [-0.3, -0.25) is 9.59 Å². The van der Waals surface area contributed by atoms with E-state index in [4.69, 9.17) is 4.74 Å². The van der Waals surface area contributed by atoms with Crippen molar-refractivity contribution in [1.29, 1.82) is 0 Å². The van der Waals surface area contributed by atoms with E-state index in [2.05, 4.69) is 4.98 Å². The highest BCUT2D eigenvalue weighted by Gasteiger charge is 2.34. The molecule has 0 spiro atoms. The fraction of sp³-hybridized carbons (Fsp3) is 0.421. The zero-order chi connectivity index (χ0) is 18.3. The van der Waals surface area contributed by atoms with Crippen LogP contribution >= 0.6 is 11.8 Å². The van der Waals surface area contributed by atoms with Gasteiger partial charge in [-0.1, -0.05) is 0 Å². The van der Waals surface area contributed by atoms with Crippen LogP contribution in [-0.2, 0) is 0 Å². The Labute approximate surface area is 156 Å². The normalized spacial score (nSPS) is 17.1. The van der Waals surface area contributed by atoms with Crippen LogP contribution in [0, 0.1) is 6.92 Å². The summed E-state index contributed by atoms with van der Waals surface area (Å²) in [4.78, 5) is 30.9. The molecular weight excluding hydrogens is 350 g/mol. The van der Waals surface area contributed by atoms with E-state index in [0.717, 1.165) is 23.6 Å². The van der Waals surface area contributed by atoms with Gasteiger partial charge in [-0.05, 0) is 44.2 Å². The first kappa shape index (κ1) is 17.1. The Hall–Kier alpha value is -2.28. The summed E-state index contributed by atoms with van der Waals surface area (Å²) >= 11 is 1.46. The van der Waals surface area contributed by atoms with E-state index in [-0.39, 0.29) is 17.6 Å². The second kappa shape index (κ2) is 6.79. The molecule has 0 bridgehead atoms. The molecule has 1 aliphatic carbocycles. The third-order valence-electron chi connectivity index (χ3n) is 4.78. The van der Waals surface area contributed by atoms with Gasteiger partial charge in [0.05, 0.1) is 18.7 Å². The number of amides is 1. The third kappa shape index (κ3) is 3.23. The van der Waals surface area contributed by atoms with Gasteiger partial charge in [0.1, 0.15) is 16.9 Å². The molecule has 0 N–H and O–H groups in total. The zero-order valence-electron chi connectivity index (χ0n) is 14.8. The number of aromatic nitrogens is 2. The number of rotatable bonds is 5. The number of hydrogen-bond donors (Lipinski definition) is 0. The fourth-order valence-corrected chi connectivity index (χ4v) is 3.85. The molecule has 2 fully saturated rings. The topological polar surface area (TPSA) is 64.4 Å². The second-order valence-corrected chi connectivity index (χ2v) is 7.58. The predicted molar refractivity (Wildman–Crippen MR) is 100 cm³/mol. The maximum absolute atomic E-state index is 12.6. The molecule has 6 nitrogen and oxygen atoms in total. The highest BCUT2D eigenvalue weighted by atomic mass is 32.2. The van der Waals surface area contributed by atoms with Gasteiger partial charge < -0.3 is 14.2 Å². The van der Waals surface area contributed by atoms with Crippen molar-refractivity contribution in [2.24, 2.45) is 0 Å². The van der Waals surface area contributed by atoms with Gasteiger partial charge in [0.2, 0.25) is 0 Å². The van der Waals surface area contributed by atoms with E-state index >= 15 is 0 Å². The Bertz CT molecular complexity index is 901. The molecule has 2 aromatic rings. The van der Waals surface area contributed by atoms with Crippen molar-refractivity contribution in [3.8, 4) is 5.75 Å². The van der Waals surface area contributed by atoms with Crippen LogP contribution in [0.25, 0.3) is 0 Å². The molecule has 1 amide bonds. The van der Waals surface area contributed by atoms with E-state index in [1.54, 1.807) is 29.3 Å². The molecule has 0 unspecified atom stereocenters. The minimum absolute atomic E-state index is 0.00488. The number of carbonyl (C=O) groups excluding carboxylic acids is 1. The largest absolute Gasteiger partial charge is 0.486 e. The first-order valence-electron chi connectivity index (χ1n) is 8.75. The van der Waals surface area contributed by atoms with Crippen molar-refractivity contribution in [2.75, 3.05) is 19.3 Å². The van der Waals surface area contributed by atoms with Crippen molar-refractivity contribution in [2.45, 2.75) is 36.9 Å². The molecule has 1 aliphatic heterocycles. The van der Waals surface area contributed by atoms with Crippen LogP contribution in [0.1, 0.15) is 34.9 Å². The summed E-state index contributed by atoms with van der Waals surface area (Å²) in [5, 5.41) is 0.737. The predicted octanol–water partition coefficient (Wildman–Crippen LogP) is 2.51. The van der Waals surface area contributed by atoms with Crippen molar-refractivity contribution in [3.05, 3.63) is 52.1 Å². The van der Waals surface area contributed by atoms with Gasteiger partial charge in [0.15, 0.2) is 0 Å². The highest BCUT2D eigenvalue weighted by molar-refractivity contribution is 7.98. The van der Waals surface area contributed by atoms with Crippen LogP contribution in [0.15, 0.2) is 40.3 Å². The molecule has 3 heterocycles. The average Bonchev–Trinajstić information content (AvgIpc) is 3.41. The molecular formula is C19H21N3O3S. The number of aryl methyl sites for hydroxylation is 1. The Morgan fingerprint density at radius 1 is 1.31 bits per heavy atom. The van der Waals surface area contributed by atoms with Gasteiger partial charge >= 0.3 is 0 Å². The van der Waals surface area contributed by atoms with Gasteiger partial charge in [0.25, 0.3) is 11.5 Å². The fourth-order valence-electron chi connectivity index (χ4n) is 3.31. The number of hydrogen-bond acceptors (Lipinski definition) is 5. The van der Waals surface area contributed by atoms with Crippen molar-refractivity contribution in [3.63, 3.8) is 0 Å². The Kier molecular flexibility index (Phi) is 4.48. The van der Waals surface area contributed by atoms with Gasteiger partial charge in [0, 0.05) is 24.0 Å². The molecule has 136 valence electrons. The molecule has 0 aromatic carbocycles. The first-order valence-corrected chi connectivity index (χ1v) is 9.97. The van der Waals surface area contributed by atoms with Crippen LogP contribution in [0.3, 0.4) is 0 Å². The van der Waals surface area contributed by atoms with Crippen LogP contribution in [0.2, 0.25) is 0 Å². The second-order valence-electron chi connectivity index (χ2n) is 6.78. The Morgan fingerprint density at radius 2 is 2.08 bits per heavy atom. The lowest BCUT2D eigenvalue weighted by molar-refractivity contribution is 0.0173. The summed E-state index contributed by atoms with van der Waals surface area (Å²) in [7, 11) is 0. The van der Waals surface area contributed by atoms with Crippen molar-refractivity contribution < 1.29 is 9.53 Å². The Morgan fingerprint density at radius 3 is 2.73 bits per heavy atom. The highest BCUT2D eigenvalue weighted by Crippen LogP contribution is 2.35. The number of pyridine rings is 2. The number of carbonyl (C=O) groups is 1. The van der Waals surface area contributed by atoms with Gasteiger partial charge in [-0.2, -0.15) is 0 Å². The summed E-state index contributed by atoms with van der Waals surface area (Å²) in [6, 6.07) is 7.41. The molecule has 26 heavy (non-hydrogen) atoms. The monoisotopic (exact) mass is 371 g/mol. The standard InChI is InChI=1S/C19H21N3O3S/c1-12-8-14(9-17(23)22(12)13-5-6-13)25-15-10-21(11-15)19(24)16-4-3-7-20-18(16)26-2/h3-4,7-9,13,15H,5-6,10-11H2,1-2H3. The van der Waals surface area contributed by atoms with Crippen LogP contribution < -0.4 is 10.3 Å². The Balaban J connectivity index is 1.39. The van der Waals surface area contributed by atoms with Crippen LogP contribution in [-0.4, -0.2) is 45.8 Å². The molecule has 7 heteroatoms. The van der Waals surface area contributed by atoms with Crippen molar-refractivity contribution >= 4 is 17.7 Å². The third-order valence-corrected chi connectivity index (χ3v) is 5.49. The summed E-state index contributed by atoms with van der Waals surface area (Å²) in [5.41, 5.74) is 1.55. The maximum Gasteiger partial charge on any atom is 0.256 e. The number of nitrogens with zero attached hydrogens (tertiary/aromatic N) is 3. The molecule has 0 radical (unpaired) electrons. The van der Waals surface area contributed by atoms with Gasteiger partial charge in [-0.25, -0.2) is 4.98 Å². The summed E-state index contributed by atoms with van der Waals surface area (Å²) in [6.45, 7) is 2.98. The summed E-state index contributed by atoms with van der Waals surface area (Å²) in [5.74, 6) is 0.565. The van der Waals surface area contributed by atoms with E-state index in [0.29, 0.717) is 30.4 Å². The van der Waals surface area contributed by atoms with Crippen molar-refractivity contribution in [1.82, 2.24) is 14.5 Å². The lowest BCUT2D eigenvalue weighted by atomic mass is 10.1. The lowest BCUT2D eigenvalue weighted by Gasteiger charge is -2.39. The van der Waals surface area contributed by atoms with Crippen LogP contribution in [0.5, 0.6) is 5.75 Å². The zero-order valence-corrected chi connectivity index (χ0v) is 15.7. The molecule has 2 aliphatic rings. The SMILES string of the molecule is CSc1ncccc1C(=O)N1CC(Oc2cc(C)n(C3CC3)c(=O)c2)C1. The minimum Gasteiger partial charge on any atom is -0.486 e. The molecule has 4 rings (SSSR count). The molecule has 1 saturated carbocycles. The number of thioether (sulfide) groups is 1.